The molecule has 0 saturated carbocycles. The lowest BCUT2D eigenvalue weighted by molar-refractivity contribution is -0.384. The van der Waals surface area contributed by atoms with Gasteiger partial charge in [0.2, 0.25) is 0 Å². The zero-order valence-corrected chi connectivity index (χ0v) is 18.8. The molecule has 0 aromatic heterocycles. The van der Waals surface area contributed by atoms with Gasteiger partial charge < -0.3 is 10.5 Å². The van der Waals surface area contributed by atoms with Crippen molar-refractivity contribution in [2.75, 3.05) is 0 Å². The van der Waals surface area contributed by atoms with Crippen molar-refractivity contribution in [3.05, 3.63) is 70.4 Å². The summed E-state index contributed by atoms with van der Waals surface area (Å²) in [6, 6.07) is 10.2. The van der Waals surface area contributed by atoms with E-state index in [1.165, 1.54) is 18.2 Å². The second-order valence-electron chi connectivity index (χ2n) is 5.52. The van der Waals surface area contributed by atoms with Crippen LogP contribution in [0.5, 0.6) is 5.75 Å². The van der Waals surface area contributed by atoms with Crippen LogP contribution in [0.25, 0.3) is 6.08 Å². The first-order valence-corrected chi connectivity index (χ1v) is 9.94. The minimum Gasteiger partial charge on any atom is -0.487 e. The summed E-state index contributed by atoms with van der Waals surface area (Å²) in [7, 11) is 0. The average molecular weight is 618 g/mol. The molecule has 148 valence electrons. The molecule has 0 atom stereocenters. The van der Waals surface area contributed by atoms with Crippen molar-refractivity contribution in [3.63, 3.8) is 0 Å². The number of nitro groups is 1. The summed E-state index contributed by atoms with van der Waals surface area (Å²) in [6.07, 6.45) is 1.33. The van der Waals surface area contributed by atoms with Crippen molar-refractivity contribution in [1.82, 2.24) is 5.32 Å². The molecule has 0 heterocycles. The predicted octanol–water partition coefficient (Wildman–Crippen LogP) is 3.48. The largest absolute Gasteiger partial charge is 0.487 e. The quantitative estimate of drug-likeness (QED) is 0.167. The van der Waals surface area contributed by atoms with Crippen LogP contribution < -0.4 is 15.8 Å². The van der Waals surface area contributed by atoms with Crippen LogP contribution >= 0.6 is 45.2 Å². The molecule has 0 spiro atoms. The van der Waals surface area contributed by atoms with E-state index in [-0.39, 0.29) is 17.9 Å². The molecule has 0 aliphatic carbocycles. The Labute approximate surface area is 192 Å². The number of nitrogens with one attached hydrogen (secondary N) is 1. The molecule has 0 fully saturated rings. The number of non-ortho nitro benzene ring substituents is 1. The first-order valence-electron chi connectivity index (χ1n) is 7.79. The maximum atomic E-state index is 11.8. The molecule has 0 saturated heterocycles. The molecule has 0 aliphatic heterocycles. The molecule has 3 N–H and O–H groups in total. The van der Waals surface area contributed by atoms with Crippen molar-refractivity contribution in [2.24, 2.45) is 5.73 Å². The highest BCUT2D eigenvalue weighted by Crippen LogP contribution is 2.30. The van der Waals surface area contributed by atoms with Gasteiger partial charge in [0.15, 0.2) is 0 Å². The maximum absolute atomic E-state index is 11.8. The number of nitriles is 1. The van der Waals surface area contributed by atoms with Gasteiger partial charge in [0, 0.05) is 12.1 Å². The summed E-state index contributed by atoms with van der Waals surface area (Å²) in [6.45, 7) is 0.132. The number of halogens is 2. The Hall–Kier alpha value is -2.73. The number of hydrogen-bond donors (Lipinski definition) is 2. The third-order valence-corrected chi connectivity index (χ3v) is 5.04. The molecule has 0 radical (unpaired) electrons. The number of hydrogen-bond acceptors (Lipinski definition) is 6. The summed E-state index contributed by atoms with van der Waals surface area (Å²) in [5, 5.41) is 21.8. The second kappa shape index (κ2) is 10.2. The molecule has 11 heteroatoms. The number of benzene rings is 2. The lowest BCUT2D eigenvalue weighted by atomic mass is 10.1. The first-order chi connectivity index (χ1) is 13.7. The van der Waals surface area contributed by atoms with Crippen molar-refractivity contribution in [1.29, 1.82) is 5.26 Å². The van der Waals surface area contributed by atoms with Gasteiger partial charge in [-0.15, -0.1) is 0 Å². The fourth-order valence-corrected chi connectivity index (χ4v) is 4.34. The number of nitro benzene ring substituents is 1. The number of carbonyl (C=O) groups excluding carboxylic acids is 2. The predicted molar refractivity (Wildman–Crippen MR) is 121 cm³/mol. The van der Waals surface area contributed by atoms with Crippen LogP contribution in [0, 0.1) is 28.6 Å². The molecule has 0 bridgehead atoms. The summed E-state index contributed by atoms with van der Waals surface area (Å²) < 4.78 is 7.23. The Bertz CT molecular complexity index is 1040. The number of nitrogens with two attached hydrogens (primary N) is 1. The highest BCUT2D eigenvalue weighted by atomic mass is 127. The Morgan fingerprint density at radius 3 is 2.48 bits per heavy atom. The van der Waals surface area contributed by atoms with Crippen LogP contribution in [0.2, 0.25) is 0 Å². The van der Waals surface area contributed by atoms with Gasteiger partial charge in [-0.05, 0) is 74.5 Å². The van der Waals surface area contributed by atoms with E-state index in [2.05, 4.69) is 0 Å². The van der Waals surface area contributed by atoms with E-state index in [4.69, 9.17) is 15.7 Å². The molecule has 2 aromatic carbocycles. The first kappa shape index (κ1) is 22.6. The Kier molecular flexibility index (Phi) is 7.91. The highest BCUT2D eigenvalue weighted by molar-refractivity contribution is 14.1. The van der Waals surface area contributed by atoms with E-state index in [0.717, 1.165) is 0 Å². The summed E-state index contributed by atoms with van der Waals surface area (Å²) in [5.74, 6) is -0.328. The average Bonchev–Trinajstić information content (AvgIpc) is 2.65. The molecule has 29 heavy (non-hydrogen) atoms. The molecule has 0 aliphatic rings. The number of nitrogens with zero attached hydrogens (tertiary/aromatic N) is 2. The van der Waals surface area contributed by atoms with Crippen molar-refractivity contribution in [3.8, 4) is 11.8 Å². The second-order valence-corrected chi connectivity index (χ2v) is 7.84. The third-order valence-electron chi connectivity index (χ3n) is 3.44. The summed E-state index contributed by atoms with van der Waals surface area (Å²) in [4.78, 5) is 33.0. The van der Waals surface area contributed by atoms with Crippen LogP contribution in [0.15, 0.2) is 42.0 Å². The van der Waals surface area contributed by atoms with E-state index in [9.17, 15) is 19.7 Å². The van der Waals surface area contributed by atoms with Gasteiger partial charge in [-0.25, -0.2) is 4.79 Å². The van der Waals surface area contributed by atoms with Crippen LogP contribution in [0.4, 0.5) is 10.5 Å². The van der Waals surface area contributed by atoms with Crippen LogP contribution in [0.3, 0.4) is 0 Å². The molecule has 3 amide bonds. The van der Waals surface area contributed by atoms with Crippen LogP contribution in [-0.4, -0.2) is 16.9 Å². The summed E-state index contributed by atoms with van der Waals surface area (Å²) >= 11 is 4.09. The SMILES string of the molecule is N#C/C(=C/c1cc(I)c(OCc2cccc([N+](=O)[O-])c2)c(I)c1)C(=O)NC(N)=O. The number of urea groups is 1. The van der Waals surface area contributed by atoms with E-state index in [1.54, 1.807) is 30.3 Å². The van der Waals surface area contributed by atoms with Gasteiger partial charge in [-0.1, -0.05) is 12.1 Å². The zero-order valence-electron chi connectivity index (χ0n) is 14.5. The molecular formula is C18H12I2N4O5. The molecular weight excluding hydrogens is 606 g/mol. The van der Waals surface area contributed by atoms with E-state index >= 15 is 0 Å². The molecule has 0 unspecified atom stereocenters. The number of primary amides is 1. The number of rotatable bonds is 6. The normalized spacial score (nSPS) is 10.7. The monoisotopic (exact) mass is 618 g/mol. The van der Waals surface area contributed by atoms with E-state index in [1.807, 2.05) is 50.5 Å². The van der Waals surface area contributed by atoms with Gasteiger partial charge in [0.05, 0.1) is 12.1 Å². The van der Waals surface area contributed by atoms with Gasteiger partial charge >= 0.3 is 6.03 Å². The standard InChI is InChI=1S/C18H12I2N4O5/c19-14-6-11(4-12(8-21)17(25)23-18(22)26)7-15(20)16(14)29-9-10-2-1-3-13(5-10)24(27)28/h1-7H,9H2,(H3,22,23,25,26)/b12-4-. The Morgan fingerprint density at radius 1 is 1.28 bits per heavy atom. The topological polar surface area (TPSA) is 148 Å². The van der Waals surface area contributed by atoms with Gasteiger partial charge in [0.1, 0.15) is 24.0 Å². The number of amides is 3. The Balaban J connectivity index is 2.23. The number of imide groups is 1. The lowest BCUT2D eigenvalue weighted by Gasteiger charge is -2.12. The highest BCUT2D eigenvalue weighted by Gasteiger charge is 2.14. The van der Waals surface area contributed by atoms with E-state index < -0.39 is 16.9 Å². The van der Waals surface area contributed by atoms with Gasteiger partial charge in [0.25, 0.3) is 11.6 Å². The van der Waals surface area contributed by atoms with Crippen LogP contribution in [-0.2, 0) is 11.4 Å². The van der Waals surface area contributed by atoms with Crippen molar-refractivity contribution < 1.29 is 19.2 Å². The minimum absolute atomic E-state index is 0.0192. The molecule has 2 rings (SSSR count). The smallest absolute Gasteiger partial charge is 0.319 e. The van der Waals surface area contributed by atoms with Gasteiger partial charge in [-0.3, -0.25) is 20.2 Å². The van der Waals surface area contributed by atoms with Crippen molar-refractivity contribution >= 4 is 68.9 Å². The van der Waals surface area contributed by atoms with Crippen LogP contribution in [0.1, 0.15) is 11.1 Å². The zero-order chi connectivity index (χ0) is 21.6. The fraction of sp³-hybridized carbons (Fsp3) is 0.0556. The minimum atomic E-state index is -1.05. The Morgan fingerprint density at radius 2 is 1.93 bits per heavy atom. The summed E-state index contributed by atoms with van der Waals surface area (Å²) in [5.41, 5.74) is 5.79. The maximum Gasteiger partial charge on any atom is 0.319 e. The number of carbonyl (C=O) groups is 2. The van der Waals surface area contributed by atoms with Gasteiger partial charge in [-0.2, -0.15) is 5.26 Å². The number of ether oxygens (including phenoxy) is 1. The lowest BCUT2D eigenvalue weighted by Crippen LogP contribution is -2.35. The van der Waals surface area contributed by atoms with E-state index in [0.29, 0.717) is 24.0 Å². The third kappa shape index (κ3) is 6.39. The fourth-order valence-electron chi connectivity index (χ4n) is 2.21. The molecule has 2 aromatic rings. The van der Waals surface area contributed by atoms with Crippen molar-refractivity contribution in [2.45, 2.75) is 6.61 Å². The molecule has 9 nitrogen and oxygen atoms in total.